The minimum absolute atomic E-state index is 0.139. The van der Waals surface area contributed by atoms with E-state index in [0.717, 1.165) is 19.4 Å². The first-order valence-corrected chi connectivity index (χ1v) is 5.94. The average Bonchev–Trinajstić information content (AvgIpc) is 2.57. The Bertz CT molecular complexity index is 268. The molecule has 2 rings (SSSR count). The number of carbonyl (C=O) groups is 1. The van der Waals surface area contributed by atoms with E-state index in [1.165, 1.54) is 0 Å². The van der Waals surface area contributed by atoms with E-state index < -0.39 is 5.54 Å². The molecule has 0 bridgehead atoms. The maximum absolute atomic E-state index is 11.5. The van der Waals surface area contributed by atoms with Crippen molar-refractivity contribution in [3.8, 4) is 0 Å². The van der Waals surface area contributed by atoms with Gasteiger partial charge in [-0.2, -0.15) is 0 Å². The fourth-order valence-corrected chi connectivity index (χ4v) is 2.49. The fourth-order valence-electron chi connectivity index (χ4n) is 2.49. The quantitative estimate of drug-likeness (QED) is 0.683. The number of rotatable bonds is 5. The Morgan fingerprint density at radius 3 is 2.81 bits per heavy atom. The highest BCUT2D eigenvalue weighted by Crippen LogP contribution is 2.33. The van der Waals surface area contributed by atoms with Crippen LogP contribution in [0.4, 0.5) is 0 Å². The molecule has 0 aromatic rings. The van der Waals surface area contributed by atoms with Crippen LogP contribution in [0.25, 0.3) is 0 Å². The number of primary amides is 1. The molecule has 0 radical (unpaired) electrons. The predicted octanol–water partition coefficient (Wildman–Crippen LogP) is -0.212. The third kappa shape index (κ3) is 2.21. The summed E-state index contributed by atoms with van der Waals surface area (Å²) in [7, 11) is 0. The summed E-state index contributed by atoms with van der Waals surface area (Å²) in [6.07, 6.45) is 2.71. The van der Waals surface area contributed by atoms with Crippen molar-refractivity contribution in [2.24, 2.45) is 5.73 Å². The second-order valence-corrected chi connectivity index (χ2v) is 4.64. The lowest BCUT2D eigenvalue weighted by molar-refractivity contribution is -0.154. The van der Waals surface area contributed by atoms with Gasteiger partial charge in [0.05, 0.1) is 19.3 Å². The molecule has 5 heteroatoms. The number of likely N-dealkylation sites (N-methyl/N-ethyl adjacent to an activating group) is 1. The van der Waals surface area contributed by atoms with Crippen LogP contribution in [0.1, 0.15) is 26.2 Å². The number of hydrogen-bond donors (Lipinski definition) is 2. The smallest absolute Gasteiger partial charge is 0.237 e. The molecular weight excluding hydrogens is 208 g/mol. The van der Waals surface area contributed by atoms with E-state index in [1.807, 2.05) is 6.92 Å². The number of nitrogens with one attached hydrogen (secondary N) is 1. The van der Waals surface area contributed by atoms with Gasteiger partial charge in [0.25, 0.3) is 0 Å². The Kier molecular flexibility index (Phi) is 3.47. The van der Waals surface area contributed by atoms with E-state index in [1.54, 1.807) is 0 Å². The second kappa shape index (κ2) is 4.69. The van der Waals surface area contributed by atoms with Crippen LogP contribution in [-0.4, -0.2) is 43.4 Å². The van der Waals surface area contributed by atoms with E-state index in [2.05, 4.69) is 5.32 Å². The van der Waals surface area contributed by atoms with Gasteiger partial charge in [0.15, 0.2) is 0 Å². The van der Waals surface area contributed by atoms with Crippen molar-refractivity contribution in [1.82, 2.24) is 5.32 Å². The van der Waals surface area contributed by atoms with Gasteiger partial charge in [0, 0.05) is 6.42 Å². The largest absolute Gasteiger partial charge is 0.376 e. The zero-order valence-corrected chi connectivity index (χ0v) is 9.70. The standard InChI is InChI=1S/C11H20N2O3/c1-2-13-11(10(12)14)4-3-8(5-11)16-9-6-15-7-9/h8-9,13H,2-7H2,1H3,(H2,12,14). The summed E-state index contributed by atoms with van der Waals surface area (Å²) in [6.45, 7) is 4.10. The van der Waals surface area contributed by atoms with E-state index >= 15 is 0 Å². The van der Waals surface area contributed by atoms with Crippen molar-refractivity contribution in [3.63, 3.8) is 0 Å². The maximum Gasteiger partial charge on any atom is 0.237 e. The maximum atomic E-state index is 11.5. The summed E-state index contributed by atoms with van der Waals surface area (Å²) in [5.74, 6) is -0.259. The molecule has 1 saturated carbocycles. The molecule has 1 aliphatic carbocycles. The van der Waals surface area contributed by atoms with Crippen LogP contribution < -0.4 is 11.1 Å². The monoisotopic (exact) mass is 228 g/mol. The normalized spacial score (nSPS) is 34.9. The van der Waals surface area contributed by atoms with Crippen LogP contribution in [0, 0.1) is 0 Å². The van der Waals surface area contributed by atoms with E-state index in [-0.39, 0.29) is 18.1 Å². The minimum Gasteiger partial charge on any atom is -0.376 e. The van der Waals surface area contributed by atoms with Crippen LogP contribution in [0.15, 0.2) is 0 Å². The highest BCUT2D eigenvalue weighted by molar-refractivity contribution is 5.85. The molecule has 2 atom stereocenters. The Morgan fingerprint density at radius 2 is 2.31 bits per heavy atom. The first-order valence-electron chi connectivity index (χ1n) is 5.94. The fraction of sp³-hybridized carbons (Fsp3) is 0.909. The lowest BCUT2D eigenvalue weighted by atomic mass is 9.96. The Labute approximate surface area is 95.7 Å². The van der Waals surface area contributed by atoms with Gasteiger partial charge in [-0.25, -0.2) is 0 Å². The SMILES string of the molecule is CCNC1(C(N)=O)CCC(OC2COC2)C1. The van der Waals surface area contributed by atoms with E-state index in [0.29, 0.717) is 19.6 Å². The first-order chi connectivity index (χ1) is 7.66. The van der Waals surface area contributed by atoms with Crippen molar-refractivity contribution in [2.75, 3.05) is 19.8 Å². The number of nitrogens with two attached hydrogens (primary N) is 1. The van der Waals surface area contributed by atoms with Crippen molar-refractivity contribution in [1.29, 1.82) is 0 Å². The summed E-state index contributed by atoms with van der Waals surface area (Å²) < 4.78 is 10.9. The van der Waals surface area contributed by atoms with Gasteiger partial charge in [0.1, 0.15) is 11.6 Å². The van der Waals surface area contributed by atoms with Gasteiger partial charge in [-0.05, 0) is 19.4 Å². The average molecular weight is 228 g/mol. The summed E-state index contributed by atoms with van der Waals surface area (Å²) in [5, 5.41) is 3.21. The summed E-state index contributed by atoms with van der Waals surface area (Å²) in [6, 6.07) is 0. The molecule has 16 heavy (non-hydrogen) atoms. The molecule has 1 heterocycles. The van der Waals surface area contributed by atoms with Gasteiger partial charge >= 0.3 is 0 Å². The molecule has 5 nitrogen and oxygen atoms in total. The van der Waals surface area contributed by atoms with Crippen molar-refractivity contribution in [3.05, 3.63) is 0 Å². The van der Waals surface area contributed by atoms with Crippen molar-refractivity contribution >= 4 is 5.91 Å². The van der Waals surface area contributed by atoms with Crippen molar-refractivity contribution in [2.45, 2.75) is 43.9 Å². The Morgan fingerprint density at radius 1 is 1.56 bits per heavy atom. The number of hydrogen-bond acceptors (Lipinski definition) is 4. The molecule has 2 aliphatic rings. The third-order valence-corrected chi connectivity index (χ3v) is 3.45. The van der Waals surface area contributed by atoms with Gasteiger partial charge < -0.3 is 20.5 Å². The van der Waals surface area contributed by atoms with Crippen LogP contribution in [-0.2, 0) is 14.3 Å². The van der Waals surface area contributed by atoms with Crippen LogP contribution in [0.5, 0.6) is 0 Å². The Balaban J connectivity index is 1.89. The molecule has 2 fully saturated rings. The molecule has 1 saturated heterocycles. The molecule has 1 aliphatic heterocycles. The van der Waals surface area contributed by atoms with Crippen LogP contribution >= 0.6 is 0 Å². The van der Waals surface area contributed by atoms with Crippen molar-refractivity contribution < 1.29 is 14.3 Å². The van der Waals surface area contributed by atoms with Gasteiger partial charge in [-0.1, -0.05) is 6.92 Å². The highest BCUT2D eigenvalue weighted by atomic mass is 16.6. The summed E-state index contributed by atoms with van der Waals surface area (Å²) >= 11 is 0. The van der Waals surface area contributed by atoms with E-state index in [4.69, 9.17) is 15.2 Å². The Hall–Kier alpha value is -0.650. The van der Waals surface area contributed by atoms with Crippen LogP contribution in [0.2, 0.25) is 0 Å². The highest BCUT2D eigenvalue weighted by Gasteiger charge is 2.44. The predicted molar refractivity (Wildman–Crippen MR) is 58.9 cm³/mol. The lowest BCUT2D eigenvalue weighted by Crippen LogP contribution is -2.54. The van der Waals surface area contributed by atoms with Gasteiger partial charge in [-0.3, -0.25) is 4.79 Å². The number of amides is 1. The molecular formula is C11H20N2O3. The van der Waals surface area contributed by atoms with Gasteiger partial charge in [0.2, 0.25) is 5.91 Å². The zero-order chi connectivity index (χ0) is 11.6. The molecule has 92 valence electrons. The topological polar surface area (TPSA) is 73.6 Å². The molecule has 0 aromatic heterocycles. The number of carbonyl (C=O) groups excluding carboxylic acids is 1. The molecule has 1 amide bonds. The summed E-state index contributed by atoms with van der Waals surface area (Å²) in [5.41, 5.74) is 4.93. The second-order valence-electron chi connectivity index (χ2n) is 4.64. The third-order valence-electron chi connectivity index (χ3n) is 3.45. The lowest BCUT2D eigenvalue weighted by Gasteiger charge is -2.30. The number of ether oxygens (including phenoxy) is 2. The molecule has 3 N–H and O–H groups in total. The molecule has 0 spiro atoms. The summed E-state index contributed by atoms with van der Waals surface area (Å²) in [4.78, 5) is 11.5. The molecule has 0 aromatic carbocycles. The molecule has 2 unspecified atom stereocenters. The van der Waals surface area contributed by atoms with Crippen LogP contribution in [0.3, 0.4) is 0 Å². The van der Waals surface area contributed by atoms with E-state index in [9.17, 15) is 4.79 Å². The minimum atomic E-state index is -0.552. The first kappa shape index (κ1) is 11.8. The van der Waals surface area contributed by atoms with Gasteiger partial charge in [-0.15, -0.1) is 0 Å². The zero-order valence-electron chi connectivity index (χ0n) is 9.70.